The number of hydrogen-bond acceptors (Lipinski definition) is 3. The fourth-order valence-electron chi connectivity index (χ4n) is 1.82. The number of rotatable bonds is 8. The van der Waals surface area contributed by atoms with Gasteiger partial charge < -0.3 is 4.74 Å². The third kappa shape index (κ3) is 5.14. The highest BCUT2D eigenvalue weighted by Gasteiger charge is 2.17. The van der Waals surface area contributed by atoms with Crippen LogP contribution in [0, 0.1) is 11.6 Å². The van der Waals surface area contributed by atoms with Crippen molar-refractivity contribution in [1.29, 1.82) is 0 Å². The average Bonchev–Trinajstić information content (AvgIpc) is 2.41. The van der Waals surface area contributed by atoms with Crippen molar-refractivity contribution in [3.05, 3.63) is 33.8 Å². The molecule has 0 amide bonds. The summed E-state index contributed by atoms with van der Waals surface area (Å²) in [4.78, 5) is 0. The molecule has 0 bridgehead atoms. The van der Waals surface area contributed by atoms with E-state index in [1.807, 2.05) is 6.92 Å². The number of ether oxygens (including phenoxy) is 1. The van der Waals surface area contributed by atoms with E-state index in [0.717, 1.165) is 6.42 Å². The summed E-state index contributed by atoms with van der Waals surface area (Å²) in [6.07, 6.45) is 1.70. The van der Waals surface area contributed by atoms with Crippen molar-refractivity contribution in [2.24, 2.45) is 5.84 Å². The van der Waals surface area contributed by atoms with Gasteiger partial charge in [0.25, 0.3) is 0 Å². The Morgan fingerprint density at radius 2 is 2.16 bits per heavy atom. The Labute approximate surface area is 120 Å². The maximum Gasteiger partial charge on any atom is 0.143 e. The van der Waals surface area contributed by atoms with Gasteiger partial charge in [-0.2, -0.15) is 0 Å². The molecule has 0 aliphatic carbocycles. The molecule has 108 valence electrons. The molecule has 6 heteroatoms. The summed E-state index contributed by atoms with van der Waals surface area (Å²) in [6.45, 7) is 3.21. The topological polar surface area (TPSA) is 47.3 Å². The molecule has 0 spiro atoms. The van der Waals surface area contributed by atoms with E-state index in [0.29, 0.717) is 19.6 Å². The Hall–Kier alpha value is -0.560. The van der Waals surface area contributed by atoms with E-state index in [9.17, 15) is 8.78 Å². The maximum atomic E-state index is 13.8. The minimum atomic E-state index is -0.565. The zero-order valence-corrected chi connectivity index (χ0v) is 12.5. The van der Waals surface area contributed by atoms with Gasteiger partial charge in [0.1, 0.15) is 11.6 Å². The summed E-state index contributed by atoms with van der Waals surface area (Å²) in [5.41, 5.74) is 2.65. The second-order valence-corrected chi connectivity index (χ2v) is 5.08. The van der Waals surface area contributed by atoms with Crippen LogP contribution in [-0.2, 0) is 11.2 Å². The third-order valence-corrected chi connectivity index (χ3v) is 3.48. The molecule has 0 aliphatic rings. The van der Waals surface area contributed by atoms with E-state index in [2.05, 4.69) is 21.4 Å². The highest BCUT2D eigenvalue weighted by atomic mass is 79.9. The predicted octanol–water partition coefficient (Wildman–Crippen LogP) is 2.92. The van der Waals surface area contributed by atoms with E-state index >= 15 is 0 Å². The molecule has 0 heterocycles. The Kier molecular flexibility index (Phi) is 7.45. The van der Waals surface area contributed by atoms with Gasteiger partial charge in [-0.15, -0.1) is 0 Å². The molecule has 3 N–H and O–H groups in total. The number of halogens is 3. The molecule has 1 aromatic carbocycles. The van der Waals surface area contributed by atoms with Crippen LogP contribution in [0.25, 0.3) is 0 Å². The fourth-order valence-corrected chi connectivity index (χ4v) is 2.19. The van der Waals surface area contributed by atoms with Gasteiger partial charge in [-0.05, 0) is 54.2 Å². The second kappa shape index (κ2) is 8.58. The van der Waals surface area contributed by atoms with Crippen molar-refractivity contribution in [3.63, 3.8) is 0 Å². The largest absolute Gasteiger partial charge is 0.382 e. The maximum absolute atomic E-state index is 13.8. The average molecular weight is 337 g/mol. The Balaban J connectivity index is 2.63. The van der Waals surface area contributed by atoms with E-state index < -0.39 is 11.6 Å². The van der Waals surface area contributed by atoms with E-state index in [4.69, 9.17) is 10.6 Å². The van der Waals surface area contributed by atoms with Crippen LogP contribution < -0.4 is 11.3 Å². The summed E-state index contributed by atoms with van der Waals surface area (Å²) in [5.74, 6) is 4.31. The number of benzene rings is 1. The molecule has 1 aromatic rings. The van der Waals surface area contributed by atoms with Crippen molar-refractivity contribution in [2.45, 2.75) is 32.2 Å². The number of hydrogen-bond donors (Lipinski definition) is 2. The summed E-state index contributed by atoms with van der Waals surface area (Å²) < 4.78 is 32.9. The lowest BCUT2D eigenvalue weighted by atomic mass is 10.0. The van der Waals surface area contributed by atoms with Gasteiger partial charge in [-0.25, -0.2) is 8.78 Å². The van der Waals surface area contributed by atoms with E-state index in [-0.39, 0.29) is 22.5 Å². The van der Waals surface area contributed by atoms with Crippen LogP contribution >= 0.6 is 15.9 Å². The van der Waals surface area contributed by atoms with Crippen molar-refractivity contribution in [2.75, 3.05) is 13.2 Å². The van der Waals surface area contributed by atoms with Crippen molar-refractivity contribution in [1.82, 2.24) is 5.43 Å². The molecular formula is C13H19BrF2N2O. The molecule has 1 unspecified atom stereocenters. The first-order valence-corrected chi connectivity index (χ1v) is 7.05. The molecule has 0 fully saturated rings. The van der Waals surface area contributed by atoms with Gasteiger partial charge in [-0.3, -0.25) is 11.3 Å². The summed E-state index contributed by atoms with van der Waals surface area (Å²) in [5, 5.41) is 0. The monoisotopic (exact) mass is 336 g/mol. The molecule has 3 nitrogen and oxygen atoms in total. The summed E-state index contributed by atoms with van der Waals surface area (Å²) in [6, 6.07) is 2.42. The highest BCUT2D eigenvalue weighted by Crippen LogP contribution is 2.23. The molecule has 19 heavy (non-hydrogen) atoms. The number of nitrogens with one attached hydrogen (secondary N) is 1. The van der Waals surface area contributed by atoms with Crippen LogP contribution in [0.3, 0.4) is 0 Å². The minimum Gasteiger partial charge on any atom is -0.382 e. The van der Waals surface area contributed by atoms with Gasteiger partial charge in [0.2, 0.25) is 0 Å². The second-order valence-electron chi connectivity index (χ2n) is 4.23. The fraction of sp³-hybridized carbons (Fsp3) is 0.538. The number of nitrogens with two attached hydrogens (primary N) is 1. The van der Waals surface area contributed by atoms with E-state index in [1.165, 1.54) is 12.1 Å². The van der Waals surface area contributed by atoms with Gasteiger partial charge in [0.05, 0.1) is 4.47 Å². The van der Waals surface area contributed by atoms with Gasteiger partial charge >= 0.3 is 0 Å². The van der Waals surface area contributed by atoms with Crippen molar-refractivity contribution in [3.8, 4) is 0 Å². The normalized spacial score (nSPS) is 12.7. The molecular weight excluding hydrogens is 318 g/mol. The van der Waals surface area contributed by atoms with Crippen LogP contribution in [-0.4, -0.2) is 19.3 Å². The van der Waals surface area contributed by atoms with Crippen LogP contribution in [0.2, 0.25) is 0 Å². The molecule has 0 aromatic heterocycles. The lowest BCUT2D eigenvalue weighted by Crippen LogP contribution is -2.37. The quantitative estimate of drug-likeness (QED) is 0.332. The molecule has 0 saturated heterocycles. The van der Waals surface area contributed by atoms with Crippen LogP contribution in [0.15, 0.2) is 16.6 Å². The zero-order valence-electron chi connectivity index (χ0n) is 10.9. The SMILES string of the molecule is CCOCCCC(Cc1c(F)ccc(Br)c1F)NN. The number of hydrazine groups is 1. The molecule has 0 aliphatic heterocycles. The summed E-state index contributed by atoms with van der Waals surface area (Å²) in [7, 11) is 0. The predicted molar refractivity (Wildman–Crippen MR) is 74.6 cm³/mol. The van der Waals surface area contributed by atoms with Crippen molar-refractivity contribution < 1.29 is 13.5 Å². The molecule has 1 atom stereocenters. The summed E-state index contributed by atoms with van der Waals surface area (Å²) >= 11 is 3.05. The van der Waals surface area contributed by atoms with Crippen LogP contribution in [0.1, 0.15) is 25.3 Å². The highest BCUT2D eigenvalue weighted by molar-refractivity contribution is 9.10. The van der Waals surface area contributed by atoms with Gasteiger partial charge in [0, 0.05) is 24.8 Å². The standard InChI is InChI=1S/C13H19BrF2N2O/c1-2-19-7-3-4-9(18-17)8-10-12(15)6-5-11(14)13(10)16/h5-6,9,18H,2-4,7-8,17H2,1H3. The third-order valence-electron chi connectivity index (χ3n) is 2.87. The zero-order chi connectivity index (χ0) is 14.3. The first kappa shape index (κ1) is 16.5. The molecule has 0 radical (unpaired) electrons. The van der Waals surface area contributed by atoms with Gasteiger partial charge in [-0.1, -0.05) is 0 Å². The first-order chi connectivity index (χ1) is 9.10. The Morgan fingerprint density at radius 1 is 1.42 bits per heavy atom. The van der Waals surface area contributed by atoms with Crippen molar-refractivity contribution >= 4 is 15.9 Å². The molecule has 1 rings (SSSR count). The lowest BCUT2D eigenvalue weighted by molar-refractivity contribution is 0.140. The van der Waals surface area contributed by atoms with Gasteiger partial charge in [0.15, 0.2) is 0 Å². The minimum absolute atomic E-state index is 0.0498. The van der Waals surface area contributed by atoms with Crippen LogP contribution in [0.5, 0.6) is 0 Å². The smallest absolute Gasteiger partial charge is 0.143 e. The molecule has 0 saturated carbocycles. The Bertz CT molecular complexity index is 404. The lowest BCUT2D eigenvalue weighted by Gasteiger charge is -2.17. The van der Waals surface area contributed by atoms with E-state index in [1.54, 1.807) is 0 Å². The first-order valence-electron chi connectivity index (χ1n) is 6.26. The Morgan fingerprint density at radius 3 is 2.79 bits per heavy atom. The van der Waals surface area contributed by atoms with Crippen LogP contribution in [0.4, 0.5) is 8.78 Å².